The Labute approximate surface area is 111 Å². The largest absolute Gasteiger partial charge is 0.487 e. The molecule has 0 radical (unpaired) electrons. The summed E-state index contributed by atoms with van der Waals surface area (Å²) in [6, 6.07) is 11.6. The van der Waals surface area contributed by atoms with Crippen LogP contribution in [0.4, 0.5) is 5.69 Å². The molecule has 2 N–H and O–H groups in total. The van der Waals surface area contributed by atoms with Gasteiger partial charge in [0.2, 0.25) is 0 Å². The molecule has 2 heterocycles. The van der Waals surface area contributed by atoms with Crippen LogP contribution in [0.15, 0.2) is 48.8 Å². The Balaban J connectivity index is 1.80. The molecular weight excluding hydrogens is 238 g/mol. The average molecular weight is 253 g/mol. The summed E-state index contributed by atoms with van der Waals surface area (Å²) in [6.07, 6.45) is 3.94. The minimum absolute atomic E-state index is 0.436. The zero-order valence-corrected chi connectivity index (χ0v) is 10.7. The van der Waals surface area contributed by atoms with E-state index in [1.54, 1.807) is 0 Å². The third-order valence-electron chi connectivity index (χ3n) is 3.12. The Morgan fingerprint density at radius 2 is 2.11 bits per heavy atom. The molecular formula is C15H15N3O. The first-order valence-electron chi connectivity index (χ1n) is 6.14. The predicted octanol–water partition coefficient (Wildman–Crippen LogP) is 2.80. The number of pyridine rings is 1. The van der Waals surface area contributed by atoms with Crippen LogP contribution in [0, 0.1) is 6.92 Å². The van der Waals surface area contributed by atoms with Crippen molar-refractivity contribution in [2.24, 2.45) is 0 Å². The number of nitrogen functional groups attached to an aromatic ring is 1. The van der Waals surface area contributed by atoms with E-state index in [9.17, 15) is 0 Å². The highest BCUT2D eigenvalue weighted by Crippen LogP contribution is 2.23. The molecule has 0 aliphatic carbocycles. The molecule has 2 aromatic heterocycles. The topological polar surface area (TPSA) is 52.5 Å². The molecule has 0 atom stereocenters. The molecule has 4 nitrogen and oxygen atoms in total. The van der Waals surface area contributed by atoms with Crippen molar-refractivity contribution in [1.82, 2.24) is 9.38 Å². The molecule has 19 heavy (non-hydrogen) atoms. The van der Waals surface area contributed by atoms with E-state index in [0.717, 1.165) is 28.3 Å². The fourth-order valence-corrected chi connectivity index (χ4v) is 2.00. The number of fused-ring (bicyclic) bond motifs is 1. The molecule has 0 saturated carbocycles. The van der Waals surface area contributed by atoms with E-state index in [1.807, 2.05) is 60.1 Å². The molecule has 0 amide bonds. The summed E-state index contributed by atoms with van der Waals surface area (Å²) in [5.74, 6) is 0.803. The van der Waals surface area contributed by atoms with E-state index in [4.69, 9.17) is 10.5 Å². The average Bonchev–Trinajstić information content (AvgIpc) is 2.83. The standard InChI is InChI=1S/C15H15N3O/c1-11-13(16)5-4-6-14(11)19-10-12-9-18-8-3-2-7-15(18)17-12/h2-9H,10,16H2,1H3. The van der Waals surface area contributed by atoms with Gasteiger partial charge < -0.3 is 14.9 Å². The molecule has 0 saturated heterocycles. The van der Waals surface area contributed by atoms with Gasteiger partial charge in [-0.2, -0.15) is 0 Å². The van der Waals surface area contributed by atoms with Crippen LogP contribution in [0.3, 0.4) is 0 Å². The van der Waals surface area contributed by atoms with Gasteiger partial charge in [0, 0.05) is 23.6 Å². The molecule has 3 rings (SSSR count). The second-order valence-corrected chi connectivity index (χ2v) is 4.46. The molecule has 3 aromatic rings. The summed E-state index contributed by atoms with van der Waals surface area (Å²) in [5.41, 5.74) is 9.38. The van der Waals surface area contributed by atoms with Gasteiger partial charge in [-0.15, -0.1) is 0 Å². The highest BCUT2D eigenvalue weighted by Gasteiger charge is 2.05. The summed E-state index contributed by atoms with van der Waals surface area (Å²) < 4.78 is 7.75. The summed E-state index contributed by atoms with van der Waals surface area (Å²) in [4.78, 5) is 4.49. The number of benzene rings is 1. The van der Waals surface area contributed by atoms with Gasteiger partial charge in [0.1, 0.15) is 18.0 Å². The molecule has 4 heteroatoms. The maximum Gasteiger partial charge on any atom is 0.137 e. The molecule has 0 fully saturated rings. The Kier molecular flexibility index (Phi) is 2.83. The molecule has 96 valence electrons. The van der Waals surface area contributed by atoms with Crippen molar-refractivity contribution in [3.8, 4) is 5.75 Å². The van der Waals surface area contributed by atoms with E-state index >= 15 is 0 Å². The third kappa shape index (κ3) is 2.25. The lowest BCUT2D eigenvalue weighted by molar-refractivity contribution is 0.300. The van der Waals surface area contributed by atoms with Crippen LogP contribution in [-0.2, 0) is 6.61 Å². The maximum atomic E-state index is 5.85. The van der Waals surface area contributed by atoms with Gasteiger partial charge in [0.05, 0.1) is 5.69 Å². The van der Waals surface area contributed by atoms with Crippen molar-refractivity contribution in [2.75, 3.05) is 5.73 Å². The van der Waals surface area contributed by atoms with Crippen LogP contribution in [0.2, 0.25) is 0 Å². The first-order valence-corrected chi connectivity index (χ1v) is 6.14. The summed E-state index contributed by atoms with van der Waals surface area (Å²) in [7, 11) is 0. The molecule has 0 spiro atoms. The molecule has 0 aliphatic heterocycles. The zero-order valence-electron chi connectivity index (χ0n) is 10.7. The van der Waals surface area contributed by atoms with Crippen molar-refractivity contribution < 1.29 is 4.74 Å². The van der Waals surface area contributed by atoms with Gasteiger partial charge in [0.15, 0.2) is 0 Å². The number of nitrogens with two attached hydrogens (primary N) is 1. The molecule has 1 aromatic carbocycles. The number of nitrogens with zero attached hydrogens (tertiary/aromatic N) is 2. The lowest BCUT2D eigenvalue weighted by atomic mass is 10.2. The Morgan fingerprint density at radius 1 is 1.21 bits per heavy atom. The predicted molar refractivity (Wildman–Crippen MR) is 75.1 cm³/mol. The molecule has 0 unspecified atom stereocenters. The van der Waals surface area contributed by atoms with Gasteiger partial charge in [0.25, 0.3) is 0 Å². The van der Waals surface area contributed by atoms with Crippen LogP contribution in [0.1, 0.15) is 11.3 Å². The Hall–Kier alpha value is -2.49. The van der Waals surface area contributed by atoms with Gasteiger partial charge in [-0.1, -0.05) is 12.1 Å². The number of aromatic nitrogens is 2. The van der Waals surface area contributed by atoms with Gasteiger partial charge >= 0.3 is 0 Å². The normalized spacial score (nSPS) is 10.8. The summed E-state index contributed by atoms with van der Waals surface area (Å²) in [5, 5.41) is 0. The highest BCUT2D eigenvalue weighted by atomic mass is 16.5. The number of hydrogen-bond acceptors (Lipinski definition) is 3. The lowest BCUT2D eigenvalue weighted by Crippen LogP contribution is -1.99. The van der Waals surface area contributed by atoms with Crippen molar-refractivity contribution >= 4 is 11.3 Å². The smallest absolute Gasteiger partial charge is 0.137 e. The third-order valence-corrected chi connectivity index (χ3v) is 3.12. The Bertz CT molecular complexity index is 685. The quantitative estimate of drug-likeness (QED) is 0.730. The second-order valence-electron chi connectivity index (χ2n) is 4.46. The minimum Gasteiger partial charge on any atom is -0.487 e. The molecule has 0 bridgehead atoms. The lowest BCUT2D eigenvalue weighted by Gasteiger charge is -2.09. The fraction of sp³-hybridized carbons (Fsp3) is 0.133. The van der Waals surface area contributed by atoms with Gasteiger partial charge in [-0.3, -0.25) is 0 Å². The Morgan fingerprint density at radius 3 is 2.95 bits per heavy atom. The minimum atomic E-state index is 0.436. The van der Waals surface area contributed by atoms with Gasteiger partial charge in [-0.05, 0) is 31.2 Å². The summed E-state index contributed by atoms with van der Waals surface area (Å²) in [6.45, 7) is 2.39. The number of ether oxygens (including phenoxy) is 1. The first-order chi connectivity index (χ1) is 9.24. The van der Waals surface area contributed by atoms with Crippen molar-refractivity contribution in [3.63, 3.8) is 0 Å². The van der Waals surface area contributed by atoms with Crippen molar-refractivity contribution in [3.05, 3.63) is 60.0 Å². The van der Waals surface area contributed by atoms with Crippen molar-refractivity contribution in [1.29, 1.82) is 0 Å². The fourth-order valence-electron chi connectivity index (χ4n) is 2.00. The number of hydrogen-bond donors (Lipinski definition) is 1. The van der Waals surface area contributed by atoms with Crippen LogP contribution in [0.5, 0.6) is 5.75 Å². The maximum absolute atomic E-state index is 5.85. The summed E-state index contributed by atoms with van der Waals surface area (Å²) >= 11 is 0. The monoisotopic (exact) mass is 253 g/mol. The van der Waals surface area contributed by atoms with E-state index in [-0.39, 0.29) is 0 Å². The van der Waals surface area contributed by atoms with E-state index < -0.39 is 0 Å². The molecule has 0 aliphatic rings. The van der Waals surface area contributed by atoms with Crippen LogP contribution in [-0.4, -0.2) is 9.38 Å². The van der Waals surface area contributed by atoms with Crippen LogP contribution < -0.4 is 10.5 Å². The highest BCUT2D eigenvalue weighted by molar-refractivity contribution is 5.53. The second kappa shape index (κ2) is 4.65. The van der Waals surface area contributed by atoms with Gasteiger partial charge in [-0.25, -0.2) is 4.98 Å². The van der Waals surface area contributed by atoms with Crippen molar-refractivity contribution in [2.45, 2.75) is 13.5 Å². The van der Waals surface area contributed by atoms with E-state index in [1.165, 1.54) is 0 Å². The zero-order chi connectivity index (χ0) is 13.2. The van der Waals surface area contributed by atoms with E-state index in [0.29, 0.717) is 6.61 Å². The van der Waals surface area contributed by atoms with Crippen LogP contribution >= 0.6 is 0 Å². The number of imidazole rings is 1. The number of anilines is 1. The van der Waals surface area contributed by atoms with E-state index in [2.05, 4.69) is 4.98 Å². The van der Waals surface area contributed by atoms with Crippen LogP contribution in [0.25, 0.3) is 5.65 Å². The SMILES string of the molecule is Cc1c(N)cccc1OCc1cn2ccccc2n1. The number of rotatable bonds is 3. The first kappa shape index (κ1) is 11.6.